The van der Waals surface area contributed by atoms with Crippen LogP contribution in [0.5, 0.6) is 0 Å². The van der Waals surface area contributed by atoms with Crippen molar-refractivity contribution < 1.29 is 29.0 Å². The monoisotopic (exact) mass is 173 g/mol. The van der Waals surface area contributed by atoms with E-state index in [0.29, 0.717) is 12.2 Å². The molecule has 0 aliphatic rings. The van der Waals surface area contributed by atoms with Gasteiger partial charge in [0.1, 0.15) is 0 Å². The van der Waals surface area contributed by atoms with Gasteiger partial charge in [-0.1, -0.05) is 0 Å². The molecule has 0 saturated carbocycles. The van der Waals surface area contributed by atoms with Crippen molar-refractivity contribution in [3.05, 3.63) is 12.2 Å². The van der Waals surface area contributed by atoms with Gasteiger partial charge >= 0.3 is 18.4 Å². The summed E-state index contributed by atoms with van der Waals surface area (Å²) in [6, 6.07) is 0. The summed E-state index contributed by atoms with van der Waals surface area (Å²) in [7, 11) is 0. The summed E-state index contributed by atoms with van der Waals surface area (Å²) < 4.78 is 8.04. The molecular weight excluding hydrogens is 168 g/mol. The molecule has 0 bridgehead atoms. The third-order valence-corrected chi connectivity index (χ3v) is 0.681. The van der Waals surface area contributed by atoms with Crippen LogP contribution in [0.25, 0.3) is 0 Å². The normalized spacial score (nSPS) is 9.33. The van der Waals surface area contributed by atoms with Gasteiger partial charge < -0.3 is 14.6 Å². The number of ether oxygens (including phenoxy) is 2. The molecule has 0 fully saturated rings. The van der Waals surface area contributed by atoms with Crippen molar-refractivity contribution in [2.75, 3.05) is 6.79 Å². The van der Waals surface area contributed by atoms with Crippen LogP contribution < -0.4 is 0 Å². The molecule has 0 heterocycles. The molecule has 0 saturated heterocycles. The van der Waals surface area contributed by atoms with Crippen molar-refractivity contribution >= 4 is 18.4 Å². The van der Waals surface area contributed by atoms with Crippen molar-refractivity contribution in [2.24, 2.45) is 0 Å². The van der Waals surface area contributed by atoms with E-state index in [0.717, 1.165) is 6.47 Å². The first-order valence-electron chi connectivity index (χ1n) is 2.73. The fraction of sp³-hybridized carbons (Fsp3) is 0.167. The van der Waals surface area contributed by atoms with Crippen LogP contribution in [0, 0.1) is 0 Å². The second-order valence-corrected chi connectivity index (χ2v) is 1.48. The third kappa shape index (κ3) is 6.27. The largest absolute Gasteiger partial charge is 0.478 e. The maximum Gasteiger partial charge on any atom is 0.420 e. The molecule has 0 aliphatic carbocycles. The predicted molar refractivity (Wildman–Crippen MR) is 34.5 cm³/mol. The highest BCUT2D eigenvalue weighted by atomic mass is 16.7. The zero-order chi connectivity index (χ0) is 9.40. The number of carboxylic acid groups (broad SMARTS) is 1. The van der Waals surface area contributed by atoms with E-state index in [1.165, 1.54) is 0 Å². The highest BCUT2D eigenvalue weighted by molar-refractivity contribution is 5.90. The van der Waals surface area contributed by atoms with Crippen molar-refractivity contribution in [1.29, 1.82) is 0 Å². The van der Waals surface area contributed by atoms with E-state index in [4.69, 9.17) is 5.11 Å². The second-order valence-electron chi connectivity index (χ2n) is 1.48. The van der Waals surface area contributed by atoms with E-state index in [1.807, 2.05) is 0 Å². The average molecular weight is 173 g/mol. The van der Waals surface area contributed by atoms with E-state index in [-0.39, 0.29) is 0 Å². The van der Waals surface area contributed by atoms with Crippen LogP contribution in [0.2, 0.25) is 0 Å². The minimum absolute atomic E-state index is 0.577. The summed E-state index contributed by atoms with van der Waals surface area (Å²) in [5, 5.41) is 8.05. The number of hydrogen-bond acceptors (Lipinski definition) is 5. The lowest BCUT2D eigenvalue weighted by Crippen LogP contribution is -2.05. The second kappa shape index (κ2) is 5.90. The van der Waals surface area contributed by atoms with Gasteiger partial charge in [-0.2, -0.15) is 0 Å². The van der Waals surface area contributed by atoms with Gasteiger partial charge in [-0.15, -0.1) is 0 Å². The molecule has 0 aromatic rings. The zero-order valence-corrected chi connectivity index (χ0v) is 5.85. The Morgan fingerprint density at radius 2 is 2.08 bits per heavy atom. The Morgan fingerprint density at radius 3 is 2.58 bits per heavy atom. The SMILES string of the molecule is O=[C]OCOC(=O)C=CC(=O)O. The summed E-state index contributed by atoms with van der Waals surface area (Å²) >= 11 is 0. The molecule has 0 amide bonds. The Labute approximate surface area is 67.4 Å². The third-order valence-electron chi connectivity index (χ3n) is 0.681. The number of aliphatic carboxylic acids is 1. The molecule has 0 rings (SSSR count). The Bertz CT molecular complexity index is 206. The number of carbonyl (C=O) groups is 2. The van der Waals surface area contributed by atoms with Gasteiger partial charge in [0.15, 0.2) is 0 Å². The van der Waals surface area contributed by atoms with Gasteiger partial charge in [0.25, 0.3) is 0 Å². The summed E-state index contributed by atoms with van der Waals surface area (Å²) in [5.74, 6) is -2.18. The molecule has 0 spiro atoms. The first-order chi connectivity index (χ1) is 5.66. The summed E-state index contributed by atoms with van der Waals surface area (Å²) in [4.78, 5) is 29.7. The van der Waals surface area contributed by atoms with Crippen LogP contribution >= 0.6 is 0 Å². The van der Waals surface area contributed by atoms with Crippen LogP contribution in [-0.2, 0) is 23.9 Å². The van der Waals surface area contributed by atoms with Gasteiger partial charge in [0, 0.05) is 12.2 Å². The van der Waals surface area contributed by atoms with Crippen LogP contribution in [-0.4, -0.2) is 30.3 Å². The topological polar surface area (TPSA) is 89.9 Å². The van der Waals surface area contributed by atoms with Gasteiger partial charge in [-0.25, -0.2) is 14.4 Å². The van der Waals surface area contributed by atoms with E-state index in [1.54, 1.807) is 0 Å². The number of carbonyl (C=O) groups excluding carboxylic acids is 2. The maximum absolute atomic E-state index is 10.4. The molecule has 0 atom stereocenters. The van der Waals surface area contributed by atoms with E-state index >= 15 is 0 Å². The Balaban J connectivity index is 3.59. The van der Waals surface area contributed by atoms with Crippen LogP contribution in [0.4, 0.5) is 0 Å². The Morgan fingerprint density at radius 1 is 1.42 bits per heavy atom. The van der Waals surface area contributed by atoms with Gasteiger partial charge in [-0.3, -0.25) is 0 Å². The quantitative estimate of drug-likeness (QED) is 0.253. The molecular formula is C6H5O6. The molecule has 1 N–H and O–H groups in total. The fourth-order valence-electron chi connectivity index (χ4n) is 0.299. The lowest BCUT2D eigenvalue weighted by Gasteiger charge is -1.96. The van der Waals surface area contributed by atoms with Crippen LogP contribution in [0.1, 0.15) is 0 Å². The standard InChI is InChI=1S/C6H5O6/c7-3-11-4-12-6(10)2-1-5(8)9/h1-2H,4H2,(H,8,9). The van der Waals surface area contributed by atoms with Crippen molar-refractivity contribution in [3.63, 3.8) is 0 Å². The number of esters is 1. The van der Waals surface area contributed by atoms with E-state index in [2.05, 4.69) is 9.47 Å². The van der Waals surface area contributed by atoms with Crippen molar-refractivity contribution in [1.82, 2.24) is 0 Å². The molecule has 6 nitrogen and oxygen atoms in total. The highest BCUT2D eigenvalue weighted by Gasteiger charge is 1.97. The molecule has 0 aromatic heterocycles. The number of hydrogen-bond donors (Lipinski definition) is 1. The van der Waals surface area contributed by atoms with Crippen molar-refractivity contribution in [3.8, 4) is 0 Å². The summed E-state index contributed by atoms with van der Waals surface area (Å²) in [5.41, 5.74) is 0. The molecule has 65 valence electrons. The summed E-state index contributed by atoms with van der Waals surface area (Å²) in [6.07, 6.45) is 1.30. The number of rotatable bonds is 5. The first-order valence-corrected chi connectivity index (χ1v) is 2.73. The van der Waals surface area contributed by atoms with Gasteiger partial charge in [0.05, 0.1) is 0 Å². The molecule has 0 aromatic carbocycles. The Hall–Kier alpha value is -1.85. The maximum atomic E-state index is 10.4. The smallest absolute Gasteiger partial charge is 0.420 e. The summed E-state index contributed by atoms with van der Waals surface area (Å²) in [6.45, 7) is 0.443. The molecule has 0 aliphatic heterocycles. The van der Waals surface area contributed by atoms with Crippen LogP contribution in [0.3, 0.4) is 0 Å². The molecule has 1 radical (unpaired) electrons. The predicted octanol–water partition coefficient (Wildman–Crippen LogP) is -0.788. The van der Waals surface area contributed by atoms with Crippen molar-refractivity contribution in [2.45, 2.75) is 0 Å². The minimum atomic E-state index is -1.27. The lowest BCUT2D eigenvalue weighted by molar-refractivity contribution is -0.145. The van der Waals surface area contributed by atoms with Gasteiger partial charge in [-0.05, 0) is 0 Å². The average Bonchev–Trinajstić information content (AvgIpc) is 2.01. The Kier molecular flexibility index (Phi) is 4.99. The fourth-order valence-corrected chi connectivity index (χ4v) is 0.299. The lowest BCUT2D eigenvalue weighted by atomic mass is 10.5. The van der Waals surface area contributed by atoms with Crippen LogP contribution in [0.15, 0.2) is 12.2 Å². The van der Waals surface area contributed by atoms with E-state index < -0.39 is 18.7 Å². The zero-order valence-electron chi connectivity index (χ0n) is 5.85. The minimum Gasteiger partial charge on any atom is -0.478 e. The number of carboxylic acids is 1. The highest BCUT2D eigenvalue weighted by Crippen LogP contribution is 1.81. The molecule has 12 heavy (non-hydrogen) atoms. The molecule has 6 heteroatoms. The van der Waals surface area contributed by atoms with E-state index in [9.17, 15) is 14.4 Å². The molecule has 0 unspecified atom stereocenters. The first kappa shape index (κ1) is 10.2. The van der Waals surface area contributed by atoms with Gasteiger partial charge in [0.2, 0.25) is 6.79 Å².